The average molecular weight is 172 g/mol. The Balaban J connectivity index is 3.32. The first-order chi connectivity index (χ1) is 5.85. The Bertz CT molecular complexity index is 102. The number of unbranched alkanes of at least 4 members (excludes halogenated alkanes) is 1. The SMILES string of the molecule is C=CCOOC(CC)CCCC. The molecule has 0 aromatic carbocycles. The first kappa shape index (κ1) is 11.7. The number of hydrogen-bond donors (Lipinski definition) is 0. The van der Waals surface area contributed by atoms with Crippen molar-refractivity contribution in [2.24, 2.45) is 0 Å². The molecule has 0 fully saturated rings. The van der Waals surface area contributed by atoms with Gasteiger partial charge in [-0.2, -0.15) is 0 Å². The van der Waals surface area contributed by atoms with E-state index < -0.39 is 0 Å². The molecule has 0 aliphatic rings. The molecule has 0 amide bonds. The van der Waals surface area contributed by atoms with Crippen molar-refractivity contribution in [3.63, 3.8) is 0 Å². The molecule has 0 bridgehead atoms. The standard InChI is InChI=1S/C10H20O2/c1-4-7-8-10(6-3)12-11-9-5-2/h5,10H,2,4,6-9H2,1,3H3. The molecule has 0 heterocycles. The van der Waals surface area contributed by atoms with Gasteiger partial charge in [0.2, 0.25) is 0 Å². The van der Waals surface area contributed by atoms with Crippen molar-refractivity contribution < 1.29 is 9.78 Å². The molecule has 0 aromatic heterocycles. The van der Waals surface area contributed by atoms with Crippen LogP contribution in [0.3, 0.4) is 0 Å². The first-order valence-corrected chi connectivity index (χ1v) is 4.74. The van der Waals surface area contributed by atoms with E-state index in [9.17, 15) is 0 Å². The fraction of sp³-hybridized carbons (Fsp3) is 0.800. The van der Waals surface area contributed by atoms with E-state index in [4.69, 9.17) is 9.78 Å². The van der Waals surface area contributed by atoms with Crippen molar-refractivity contribution >= 4 is 0 Å². The van der Waals surface area contributed by atoms with Crippen molar-refractivity contribution in [3.05, 3.63) is 12.7 Å². The molecule has 0 radical (unpaired) electrons. The van der Waals surface area contributed by atoms with Gasteiger partial charge in [0.1, 0.15) is 6.61 Å². The van der Waals surface area contributed by atoms with Gasteiger partial charge >= 0.3 is 0 Å². The molecule has 0 spiro atoms. The van der Waals surface area contributed by atoms with Crippen LogP contribution in [0.25, 0.3) is 0 Å². The summed E-state index contributed by atoms with van der Waals surface area (Å²) >= 11 is 0. The molecule has 1 unspecified atom stereocenters. The van der Waals surface area contributed by atoms with Gasteiger partial charge < -0.3 is 0 Å². The van der Waals surface area contributed by atoms with Crippen molar-refractivity contribution in [1.29, 1.82) is 0 Å². The van der Waals surface area contributed by atoms with E-state index in [-0.39, 0.29) is 6.10 Å². The van der Waals surface area contributed by atoms with E-state index in [0.29, 0.717) is 6.61 Å². The molecule has 0 saturated carbocycles. The molecule has 0 rings (SSSR count). The maximum Gasteiger partial charge on any atom is 0.100 e. The third-order valence-corrected chi connectivity index (χ3v) is 1.73. The van der Waals surface area contributed by atoms with E-state index in [1.807, 2.05) is 0 Å². The second-order valence-corrected chi connectivity index (χ2v) is 2.84. The topological polar surface area (TPSA) is 18.5 Å². The highest BCUT2D eigenvalue weighted by Gasteiger charge is 2.05. The summed E-state index contributed by atoms with van der Waals surface area (Å²) in [5, 5.41) is 0. The molecular formula is C10H20O2. The zero-order valence-corrected chi connectivity index (χ0v) is 8.21. The van der Waals surface area contributed by atoms with Crippen LogP contribution in [0.5, 0.6) is 0 Å². The van der Waals surface area contributed by atoms with Gasteiger partial charge in [0.05, 0.1) is 6.10 Å². The molecule has 0 aromatic rings. The van der Waals surface area contributed by atoms with Gasteiger partial charge in [-0.25, -0.2) is 9.78 Å². The highest BCUT2D eigenvalue weighted by Crippen LogP contribution is 2.08. The minimum absolute atomic E-state index is 0.255. The molecule has 2 nitrogen and oxygen atoms in total. The lowest BCUT2D eigenvalue weighted by Gasteiger charge is -2.13. The van der Waals surface area contributed by atoms with Gasteiger partial charge in [0.15, 0.2) is 0 Å². The van der Waals surface area contributed by atoms with Gasteiger partial charge in [0.25, 0.3) is 0 Å². The van der Waals surface area contributed by atoms with E-state index >= 15 is 0 Å². The maximum absolute atomic E-state index is 5.16. The average Bonchev–Trinajstić information content (AvgIpc) is 2.11. The molecule has 2 heteroatoms. The maximum atomic E-state index is 5.16. The number of rotatable bonds is 8. The minimum Gasteiger partial charge on any atom is -0.233 e. The summed E-state index contributed by atoms with van der Waals surface area (Å²) in [6, 6.07) is 0. The Kier molecular flexibility index (Phi) is 8.51. The van der Waals surface area contributed by atoms with Gasteiger partial charge in [-0.05, 0) is 12.8 Å². The molecule has 0 saturated heterocycles. The van der Waals surface area contributed by atoms with Crippen LogP contribution in [0.4, 0.5) is 0 Å². The first-order valence-electron chi connectivity index (χ1n) is 4.74. The highest BCUT2D eigenvalue weighted by atomic mass is 17.2. The quantitative estimate of drug-likeness (QED) is 0.242. The predicted octanol–water partition coefficient (Wildman–Crippen LogP) is 3.09. The zero-order valence-electron chi connectivity index (χ0n) is 8.21. The summed E-state index contributed by atoms with van der Waals surface area (Å²) in [6.07, 6.45) is 6.45. The van der Waals surface area contributed by atoms with Crippen LogP contribution in [0.2, 0.25) is 0 Å². The van der Waals surface area contributed by atoms with Crippen LogP contribution in [0.1, 0.15) is 39.5 Å². The van der Waals surface area contributed by atoms with Crippen LogP contribution in [-0.2, 0) is 9.78 Å². The van der Waals surface area contributed by atoms with Crippen LogP contribution < -0.4 is 0 Å². The second kappa shape index (κ2) is 8.75. The predicted molar refractivity (Wildman–Crippen MR) is 50.8 cm³/mol. The summed E-state index contributed by atoms with van der Waals surface area (Å²) in [4.78, 5) is 10.1. The summed E-state index contributed by atoms with van der Waals surface area (Å²) < 4.78 is 0. The normalized spacial score (nSPS) is 12.8. The van der Waals surface area contributed by atoms with Crippen molar-refractivity contribution in [2.45, 2.75) is 45.6 Å². The third-order valence-electron chi connectivity index (χ3n) is 1.73. The Morgan fingerprint density at radius 1 is 1.42 bits per heavy atom. The summed E-state index contributed by atoms with van der Waals surface area (Å²) in [6.45, 7) is 8.30. The van der Waals surface area contributed by atoms with E-state index in [0.717, 1.165) is 12.8 Å². The fourth-order valence-corrected chi connectivity index (χ4v) is 0.936. The molecule has 12 heavy (non-hydrogen) atoms. The van der Waals surface area contributed by atoms with Gasteiger partial charge in [-0.3, -0.25) is 0 Å². The van der Waals surface area contributed by atoms with E-state index in [1.54, 1.807) is 6.08 Å². The van der Waals surface area contributed by atoms with Crippen LogP contribution >= 0.6 is 0 Å². The fourth-order valence-electron chi connectivity index (χ4n) is 0.936. The van der Waals surface area contributed by atoms with E-state index in [2.05, 4.69) is 20.4 Å². The summed E-state index contributed by atoms with van der Waals surface area (Å²) in [5.41, 5.74) is 0. The van der Waals surface area contributed by atoms with Crippen LogP contribution in [0, 0.1) is 0 Å². The Morgan fingerprint density at radius 2 is 2.17 bits per heavy atom. The van der Waals surface area contributed by atoms with Gasteiger partial charge in [-0.1, -0.05) is 32.8 Å². The monoisotopic (exact) mass is 172 g/mol. The lowest BCUT2D eigenvalue weighted by atomic mass is 10.1. The molecule has 0 aliphatic carbocycles. The highest BCUT2D eigenvalue weighted by molar-refractivity contribution is 4.62. The second-order valence-electron chi connectivity index (χ2n) is 2.84. The van der Waals surface area contributed by atoms with Crippen LogP contribution in [0.15, 0.2) is 12.7 Å². The lowest BCUT2D eigenvalue weighted by Crippen LogP contribution is -2.12. The zero-order chi connectivity index (χ0) is 9.23. The lowest BCUT2D eigenvalue weighted by molar-refractivity contribution is -0.318. The van der Waals surface area contributed by atoms with Crippen molar-refractivity contribution in [2.75, 3.05) is 6.61 Å². The Labute approximate surface area is 75.5 Å². The Morgan fingerprint density at radius 3 is 2.67 bits per heavy atom. The largest absolute Gasteiger partial charge is 0.233 e. The van der Waals surface area contributed by atoms with Crippen molar-refractivity contribution in [1.82, 2.24) is 0 Å². The van der Waals surface area contributed by atoms with Gasteiger partial charge in [0, 0.05) is 0 Å². The van der Waals surface area contributed by atoms with Crippen LogP contribution in [-0.4, -0.2) is 12.7 Å². The summed E-state index contributed by atoms with van der Waals surface area (Å²) in [5.74, 6) is 0. The molecular weight excluding hydrogens is 152 g/mol. The molecule has 0 aliphatic heterocycles. The smallest absolute Gasteiger partial charge is 0.100 e. The van der Waals surface area contributed by atoms with Crippen molar-refractivity contribution in [3.8, 4) is 0 Å². The Hall–Kier alpha value is -0.340. The van der Waals surface area contributed by atoms with Gasteiger partial charge in [-0.15, -0.1) is 6.58 Å². The number of hydrogen-bond acceptors (Lipinski definition) is 2. The molecule has 1 atom stereocenters. The molecule has 0 N–H and O–H groups in total. The van der Waals surface area contributed by atoms with E-state index in [1.165, 1.54) is 12.8 Å². The third kappa shape index (κ3) is 6.38. The summed E-state index contributed by atoms with van der Waals surface area (Å²) in [7, 11) is 0. The molecule has 72 valence electrons. The minimum atomic E-state index is 0.255.